The molecule has 2 aromatic heterocycles. The predicted octanol–water partition coefficient (Wildman–Crippen LogP) is -2.60. The molecule has 0 fully saturated rings. The molecule has 0 N–H and O–H groups in total. The minimum absolute atomic E-state index is 0. The zero-order valence-electron chi connectivity index (χ0n) is 13.6. The molecule has 2 rings (SSSR count). The first kappa shape index (κ1) is 23.0. The molecule has 0 aliphatic rings. The highest BCUT2D eigenvalue weighted by Gasteiger charge is 2.06. The van der Waals surface area contributed by atoms with Gasteiger partial charge >= 0.3 is 0 Å². The maximum absolute atomic E-state index is 2.19. The molecule has 0 saturated heterocycles. The fourth-order valence-corrected chi connectivity index (χ4v) is 4.04. The van der Waals surface area contributed by atoms with Crippen LogP contribution in [0, 0.1) is 0 Å². The third kappa shape index (κ3) is 8.57. The molecule has 0 atom stereocenters. The van der Waals surface area contributed by atoms with E-state index < -0.39 is 0 Å². The second-order valence-electron chi connectivity index (χ2n) is 5.06. The Labute approximate surface area is 169 Å². The zero-order chi connectivity index (χ0) is 14.9. The fourth-order valence-electron chi connectivity index (χ4n) is 2.05. The van der Waals surface area contributed by atoms with E-state index in [0.29, 0.717) is 0 Å². The molecule has 0 bridgehead atoms. The van der Waals surface area contributed by atoms with Crippen LogP contribution in [0.15, 0.2) is 58.8 Å². The summed E-state index contributed by atoms with van der Waals surface area (Å²) < 4.78 is 4.38. The largest absolute Gasteiger partial charge is 1.00 e. The normalized spacial score (nSPS) is 9.83. The fraction of sp³-hybridized carbons (Fsp3) is 0.412. The van der Waals surface area contributed by atoms with Crippen LogP contribution in [-0.2, 0) is 14.1 Å². The van der Waals surface area contributed by atoms with Crippen LogP contribution in [0.5, 0.6) is 0 Å². The lowest BCUT2D eigenvalue weighted by molar-refractivity contribution is -0.708. The Bertz CT molecular complexity index is 518. The maximum atomic E-state index is 2.19. The van der Waals surface area contributed by atoms with E-state index in [-0.39, 0.29) is 34.0 Å². The van der Waals surface area contributed by atoms with Crippen LogP contribution < -0.4 is 43.1 Å². The van der Waals surface area contributed by atoms with Crippen molar-refractivity contribution in [2.24, 2.45) is 14.1 Å². The Morgan fingerprint density at radius 1 is 0.696 bits per heavy atom. The van der Waals surface area contributed by atoms with Crippen molar-refractivity contribution in [1.29, 1.82) is 0 Å². The Morgan fingerprint density at radius 3 is 1.52 bits per heavy atom. The molecule has 2 nitrogen and oxygen atoms in total. The van der Waals surface area contributed by atoms with Gasteiger partial charge in [-0.05, 0) is 25.0 Å². The molecule has 6 heteroatoms. The molecule has 0 radical (unpaired) electrons. The van der Waals surface area contributed by atoms with Crippen molar-refractivity contribution < 1.29 is 43.1 Å². The van der Waals surface area contributed by atoms with E-state index in [9.17, 15) is 0 Å². The smallest absolute Gasteiger partial charge is 0.239 e. The first-order chi connectivity index (χ1) is 10.3. The van der Waals surface area contributed by atoms with Gasteiger partial charge in [-0.15, -0.1) is 0 Å². The number of nitrogens with zero attached hydrogens (tertiary/aromatic N) is 2. The number of halogens is 2. The molecular weight excluding hydrogens is 456 g/mol. The zero-order valence-corrected chi connectivity index (χ0v) is 18.4. The SMILES string of the molecule is C[n+]1ccccc1SCCCCCSc1cccc[n+]1C.[Br-].[Br-]. The first-order valence-electron chi connectivity index (χ1n) is 7.42. The van der Waals surface area contributed by atoms with Gasteiger partial charge < -0.3 is 34.0 Å². The van der Waals surface area contributed by atoms with E-state index in [1.54, 1.807) is 0 Å². The van der Waals surface area contributed by atoms with Crippen molar-refractivity contribution in [3.63, 3.8) is 0 Å². The van der Waals surface area contributed by atoms with Gasteiger partial charge in [0.15, 0.2) is 12.4 Å². The number of aromatic nitrogens is 2. The van der Waals surface area contributed by atoms with Crippen molar-refractivity contribution in [2.45, 2.75) is 29.3 Å². The van der Waals surface area contributed by atoms with Gasteiger partial charge in [-0.3, -0.25) is 0 Å². The molecule has 0 saturated carbocycles. The van der Waals surface area contributed by atoms with E-state index in [4.69, 9.17) is 0 Å². The van der Waals surface area contributed by atoms with Crippen LogP contribution in [0.25, 0.3) is 0 Å². The highest BCUT2D eigenvalue weighted by Crippen LogP contribution is 2.18. The highest BCUT2D eigenvalue weighted by atomic mass is 79.9. The summed E-state index contributed by atoms with van der Waals surface area (Å²) in [6.45, 7) is 0. The van der Waals surface area contributed by atoms with Gasteiger partial charge in [0.2, 0.25) is 10.1 Å². The van der Waals surface area contributed by atoms with Gasteiger partial charge in [0, 0.05) is 35.8 Å². The van der Waals surface area contributed by atoms with Gasteiger partial charge in [0.05, 0.1) is 0 Å². The van der Waals surface area contributed by atoms with Gasteiger partial charge in [-0.1, -0.05) is 29.9 Å². The first-order valence-corrected chi connectivity index (χ1v) is 9.39. The Hall–Kier alpha value is -0.0400. The molecule has 23 heavy (non-hydrogen) atoms. The third-order valence-corrected chi connectivity index (χ3v) is 5.73. The van der Waals surface area contributed by atoms with Gasteiger partial charge in [-0.25, -0.2) is 0 Å². The highest BCUT2D eigenvalue weighted by molar-refractivity contribution is 7.99. The standard InChI is InChI=1S/C17H24N2S2.2BrH/c1-18-12-6-4-10-16(18)20-14-8-3-9-15-21-17-11-5-7-13-19(17)2;;/h4-7,10-13H,3,8-9,14-15H2,1-2H3;2*1H/q+2;;/p-2. The van der Waals surface area contributed by atoms with Crippen LogP contribution >= 0.6 is 23.5 Å². The molecule has 0 amide bonds. The number of rotatable bonds is 8. The van der Waals surface area contributed by atoms with Crippen LogP contribution in [-0.4, -0.2) is 11.5 Å². The van der Waals surface area contributed by atoms with Crippen molar-refractivity contribution in [1.82, 2.24) is 0 Å². The average molecular weight is 480 g/mol. The second kappa shape index (κ2) is 13.3. The summed E-state index contributed by atoms with van der Waals surface area (Å²) in [4.78, 5) is 0. The molecule has 2 aromatic rings. The van der Waals surface area contributed by atoms with Crippen LogP contribution in [0.4, 0.5) is 0 Å². The summed E-state index contributed by atoms with van der Waals surface area (Å²) >= 11 is 3.91. The number of hydrogen-bond donors (Lipinski definition) is 0. The number of unbranched alkanes of at least 4 members (excludes halogenated alkanes) is 2. The quantitative estimate of drug-likeness (QED) is 0.233. The summed E-state index contributed by atoms with van der Waals surface area (Å²) in [6, 6.07) is 12.7. The van der Waals surface area contributed by atoms with E-state index in [2.05, 4.69) is 72.0 Å². The van der Waals surface area contributed by atoms with Crippen LogP contribution in [0.3, 0.4) is 0 Å². The Morgan fingerprint density at radius 2 is 1.13 bits per heavy atom. The minimum Gasteiger partial charge on any atom is -1.00 e. The molecule has 0 aliphatic carbocycles. The maximum Gasteiger partial charge on any atom is 0.239 e. The van der Waals surface area contributed by atoms with Gasteiger partial charge in [0.25, 0.3) is 0 Å². The van der Waals surface area contributed by atoms with Gasteiger partial charge in [-0.2, -0.15) is 9.13 Å². The number of aryl methyl sites for hydroxylation is 2. The van der Waals surface area contributed by atoms with E-state index in [1.807, 2.05) is 23.5 Å². The summed E-state index contributed by atoms with van der Waals surface area (Å²) in [5, 5.41) is 2.70. The minimum atomic E-state index is 0. The summed E-state index contributed by atoms with van der Waals surface area (Å²) in [5.41, 5.74) is 0. The Kier molecular flexibility index (Phi) is 13.3. The predicted molar refractivity (Wildman–Crippen MR) is 90.5 cm³/mol. The number of thioether (sulfide) groups is 2. The lowest BCUT2D eigenvalue weighted by atomic mass is 10.3. The van der Waals surface area contributed by atoms with Gasteiger partial charge in [0.1, 0.15) is 14.1 Å². The van der Waals surface area contributed by atoms with Crippen molar-refractivity contribution in [3.05, 3.63) is 48.8 Å². The topological polar surface area (TPSA) is 7.76 Å². The molecule has 0 aliphatic heterocycles. The number of pyridine rings is 2. The van der Waals surface area contributed by atoms with Crippen LogP contribution in [0.1, 0.15) is 19.3 Å². The van der Waals surface area contributed by atoms with E-state index in [1.165, 1.54) is 40.8 Å². The third-order valence-electron chi connectivity index (χ3n) is 3.30. The van der Waals surface area contributed by atoms with Crippen molar-refractivity contribution in [2.75, 3.05) is 11.5 Å². The molecule has 2 heterocycles. The van der Waals surface area contributed by atoms with Crippen molar-refractivity contribution in [3.8, 4) is 0 Å². The van der Waals surface area contributed by atoms with Crippen LogP contribution in [0.2, 0.25) is 0 Å². The molecule has 0 spiro atoms. The lowest BCUT2D eigenvalue weighted by Crippen LogP contribution is -3.00. The molecular formula is C17H24Br2N2S2. The molecule has 128 valence electrons. The van der Waals surface area contributed by atoms with Crippen molar-refractivity contribution >= 4 is 23.5 Å². The summed E-state index contributed by atoms with van der Waals surface area (Å²) in [6.07, 6.45) is 8.12. The monoisotopic (exact) mass is 478 g/mol. The molecule has 0 aromatic carbocycles. The summed E-state index contributed by atoms with van der Waals surface area (Å²) in [5.74, 6) is 2.42. The Balaban J connectivity index is 0.00000242. The second-order valence-corrected chi connectivity index (χ2v) is 7.29. The molecule has 0 unspecified atom stereocenters. The lowest BCUT2D eigenvalue weighted by Gasteiger charge is -2.01. The van der Waals surface area contributed by atoms with E-state index in [0.717, 1.165) is 0 Å². The average Bonchev–Trinajstić information content (AvgIpc) is 2.50. The van der Waals surface area contributed by atoms with E-state index >= 15 is 0 Å². The summed E-state index contributed by atoms with van der Waals surface area (Å²) in [7, 11) is 4.22. The number of hydrogen-bond acceptors (Lipinski definition) is 2.